The van der Waals surface area contributed by atoms with Crippen LogP contribution in [0.3, 0.4) is 0 Å². The number of ether oxygens (including phenoxy) is 2. The first-order valence-electron chi connectivity index (χ1n) is 7.48. The van der Waals surface area contributed by atoms with Crippen molar-refractivity contribution in [3.8, 4) is 0 Å². The maximum atomic E-state index is 6.10. The zero-order valence-electron chi connectivity index (χ0n) is 12.7. The average molecular weight is 286 g/mol. The Morgan fingerprint density at radius 2 is 2.14 bits per heavy atom. The van der Waals surface area contributed by atoms with Crippen molar-refractivity contribution in [2.24, 2.45) is 0 Å². The highest BCUT2D eigenvalue weighted by Gasteiger charge is 2.39. The summed E-state index contributed by atoms with van der Waals surface area (Å²) in [5.41, 5.74) is 2.60. The quantitative estimate of drug-likeness (QED) is 0.848. The lowest BCUT2D eigenvalue weighted by molar-refractivity contribution is -0.180. The maximum Gasteiger partial charge on any atom is 0.187 e. The Balaban J connectivity index is 1.69. The molecule has 1 aromatic carbocycles. The summed E-state index contributed by atoms with van der Waals surface area (Å²) in [5.74, 6) is -0.537. The van der Waals surface area contributed by atoms with E-state index in [1.54, 1.807) is 6.20 Å². The maximum absolute atomic E-state index is 6.10. The molecular formula is C17H22N2O2. The molecule has 1 saturated heterocycles. The molecule has 3 rings (SSSR count). The number of aryl methyl sites for hydroxylation is 2. The molecule has 21 heavy (non-hydrogen) atoms. The molecule has 0 aliphatic carbocycles. The third-order valence-corrected chi connectivity index (χ3v) is 3.89. The molecule has 1 aliphatic rings. The monoisotopic (exact) mass is 286 g/mol. The first kappa shape index (κ1) is 14.3. The first-order valence-corrected chi connectivity index (χ1v) is 7.48. The smallest absolute Gasteiger partial charge is 0.187 e. The summed E-state index contributed by atoms with van der Waals surface area (Å²) in [4.78, 5) is 4.09. The molecule has 0 N–H and O–H groups in total. The summed E-state index contributed by atoms with van der Waals surface area (Å²) >= 11 is 0. The third-order valence-electron chi connectivity index (χ3n) is 3.89. The van der Waals surface area contributed by atoms with E-state index in [9.17, 15) is 0 Å². The van der Waals surface area contributed by atoms with E-state index in [0.29, 0.717) is 13.2 Å². The van der Waals surface area contributed by atoms with Gasteiger partial charge in [0.15, 0.2) is 5.79 Å². The number of hydrogen-bond donors (Lipinski definition) is 0. The van der Waals surface area contributed by atoms with E-state index in [0.717, 1.165) is 12.8 Å². The molecule has 2 unspecified atom stereocenters. The van der Waals surface area contributed by atoms with E-state index in [1.807, 2.05) is 17.1 Å². The van der Waals surface area contributed by atoms with Gasteiger partial charge in [-0.15, -0.1) is 0 Å². The fourth-order valence-electron chi connectivity index (χ4n) is 2.74. The summed E-state index contributed by atoms with van der Waals surface area (Å²) in [7, 11) is 0. The molecule has 0 amide bonds. The third kappa shape index (κ3) is 3.52. The standard InChI is InChI=1S/C17H22N2O2/c1-14-3-5-16(6-4-14)7-8-17(20-11-15(2)21-17)12-19-10-9-18-13-19/h3-6,9-10,13,15H,7-8,11-12H2,1-2H3. The Morgan fingerprint density at radius 1 is 1.33 bits per heavy atom. The van der Waals surface area contributed by atoms with E-state index >= 15 is 0 Å². The molecule has 2 heterocycles. The van der Waals surface area contributed by atoms with E-state index in [1.165, 1.54) is 11.1 Å². The van der Waals surface area contributed by atoms with Crippen LogP contribution in [0.2, 0.25) is 0 Å². The largest absolute Gasteiger partial charge is 0.345 e. The molecule has 0 spiro atoms. The second-order valence-electron chi connectivity index (χ2n) is 5.87. The van der Waals surface area contributed by atoms with Gasteiger partial charge in [-0.1, -0.05) is 29.8 Å². The second-order valence-corrected chi connectivity index (χ2v) is 5.87. The van der Waals surface area contributed by atoms with Crippen LogP contribution in [0.1, 0.15) is 24.5 Å². The Bertz CT molecular complexity index is 565. The van der Waals surface area contributed by atoms with Crippen LogP contribution in [0.4, 0.5) is 0 Å². The highest BCUT2D eigenvalue weighted by atomic mass is 16.7. The number of rotatable bonds is 5. The van der Waals surface area contributed by atoms with Gasteiger partial charge in [0.25, 0.3) is 0 Å². The van der Waals surface area contributed by atoms with Gasteiger partial charge in [0.1, 0.15) is 0 Å². The van der Waals surface area contributed by atoms with E-state index < -0.39 is 5.79 Å². The van der Waals surface area contributed by atoms with Crippen molar-refractivity contribution in [2.75, 3.05) is 6.61 Å². The van der Waals surface area contributed by atoms with Crippen molar-refractivity contribution in [2.45, 2.75) is 45.1 Å². The van der Waals surface area contributed by atoms with Crippen LogP contribution >= 0.6 is 0 Å². The minimum atomic E-state index is -0.537. The van der Waals surface area contributed by atoms with Gasteiger partial charge < -0.3 is 14.0 Å². The Labute approximate surface area is 125 Å². The molecule has 4 nitrogen and oxygen atoms in total. The molecule has 0 saturated carbocycles. The van der Waals surface area contributed by atoms with Crippen LogP contribution in [0.5, 0.6) is 0 Å². The summed E-state index contributed by atoms with van der Waals surface area (Å²) in [6, 6.07) is 8.66. The molecule has 4 heteroatoms. The van der Waals surface area contributed by atoms with Gasteiger partial charge in [-0.25, -0.2) is 4.98 Å². The van der Waals surface area contributed by atoms with Crippen molar-refractivity contribution < 1.29 is 9.47 Å². The average Bonchev–Trinajstić information content (AvgIpc) is 3.09. The summed E-state index contributed by atoms with van der Waals surface area (Å²) < 4.78 is 14.1. The van der Waals surface area contributed by atoms with E-state index in [4.69, 9.17) is 9.47 Å². The first-order chi connectivity index (χ1) is 10.2. The molecule has 1 fully saturated rings. The fraction of sp³-hybridized carbons (Fsp3) is 0.471. The van der Waals surface area contributed by atoms with Gasteiger partial charge in [-0.3, -0.25) is 0 Å². The zero-order valence-corrected chi connectivity index (χ0v) is 12.7. The minimum absolute atomic E-state index is 0.145. The van der Waals surface area contributed by atoms with Crippen molar-refractivity contribution in [1.29, 1.82) is 0 Å². The molecule has 0 radical (unpaired) electrons. The van der Waals surface area contributed by atoms with Gasteiger partial charge >= 0.3 is 0 Å². The minimum Gasteiger partial charge on any atom is -0.345 e. The van der Waals surface area contributed by atoms with Crippen molar-refractivity contribution in [1.82, 2.24) is 9.55 Å². The number of benzene rings is 1. The van der Waals surface area contributed by atoms with Crippen LogP contribution in [-0.2, 0) is 22.4 Å². The van der Waals surface area contributed by atoms with Crippen molar-refractivity contribution in [3.05, 3.63) is 54.1 Å². The molecule has 2 aromatic rings. The molecular weight excluding hydrogens is 264 g/mol. The Hall–Kier alpha value is -1.65. The van der Waals surface area contributed by atoms with Crippen molar-refractivity contribution >= 4 is 0 Å². The van der Waals surface area contributed by atoms with Gasteiger partial charge in [-0.2, -0.15) is 0 Å². The van der Waals surface area contributed by atoms with Gasteiger partial charge in [-0.05, 0) is 25.8 Å². The number of nitrogens with zero attached hydrogens (tertiary/aromatic N) is 2. The molecule has 1 aliphatic heterocycles. The number of hydrogen-bond acceptors (Lipinski definition) is 3. The molecule has 2 atom stereocenters. The summed E-state index contributed by atoms with van der Waals surface area (Å²) in [6.45, 7) is 5.50. The Kier molecular flexibility index (Phi) is 4.08. The highest BCUT2D eigenvalue weighted by Crippen LogP contribution is 2.30. The van der Waals surface area contributed by atoms with Gasteiger partial charge in [0.2, 0.25) is 0 Å². The van der Waals surface area contributed by atoms with E-state index in [2.05, 4.69) is 43.1 Å². The van der Waals surface area contributed by atoms with Crippen LogP contribution in [0.25, 0.3) is 0 Å². The van der Waals surface area contributed by atoms with Gasteiger partial charge in [0, 0.05) is 18.8 Å². The fourth-order valence-corrected chi connectivity index (χ4v) is 2.74. The van der Waals surface area contributed by atoms with Crippen LogP contribution in [0.15, 0.2) is 43.0 Å². The molecule has 1 aromatic heterocycles. The van der Waals surface area contributed by atoms with Crippen LogP contribution < -0.4 is 0 Å². The highest BCUT2D eigenvalue weighted by molar-refractivity contribution is 5.21. The predicted molar refractivity (Wildman–Crippen MR) is 81.0 cm³/mol. The van der Waals surface area contributed by atoms with Gasteiger partial charge in [0.05, 0.1) is 25.6 Å². The molecule has 0 bridgehead atoms. The van der Waals surface area contributed by atoms with E-state index in [-0.39, 0.29) is 6.10 Å². The SMILES string of the molecule is Cc1ccc(CCC2(Cn3ccnc3)OCC(C)O2)cc1. The Morgan fingerprint density at radius 3 is 2.76 bits per heavy atom. The van der Waals surface area contributed by atoms with Crippen LogP contribution in [0, 0.1) is 6.92 Å². The lowest BCUT2D eigenvalue weighted by atomic mass is 10.0. The van der Waals surface area contributed by atoms with Crippen LogP contribution in [-0.4, -0.2) is 28.0 Å². The molecule has 112 valence electrons. The second kappa shape index (κ2) is 6.00. The zero-order chi connectivity index (χ0) is 14.7. The summed E-state index contributed by atoms with van der Waals surface area (Å²) in [5, 5.41) is 0. The lowest BCUT2D eigenvalue weighted by Crippen LogP contribution is -2.36. The van der Waals surface area contributed by atoms with Crippen molar-refractivity contribution in [3.63, 3.8) is 0 Å². The summed E-state index contributed by atoms with van der Waals surface area (Å²) in [6.07, 6.45) is 7.48. The lowest BCUT2D eigenvalue weighted by Gasteiger charge is -2.28. The predicted octanol–water partition coefficient (Wildman–Crippen LogP) is 2.96. The normalized spacial score (nSPS) is 25.3. The number of aromatic nitrogens is 2. The number of imidazole rings is 1. The topological polar surface area (TPSA) is 36.3 Å².